The van der Waals surface area contributed by atoms with Crippen molar-refractivity contribution in [3.8, 4) is 29.0 Å². The second kappa shape index (κ2) is 8.34. The fourth-order valence-corrected chi connectivity index (χ4v) is 3.83. The van der Waals surface area contributed by atoms with E-state index >= 15 is 0 Å². The molecule has 1 unspecified atom stereocenters. The van der Waals surface area contributed by atoms with Gasteiger partial charge in [0.1, 0.15) is 39.5 Å². The molecule has 0 saturated heterocycles. The van der Waals surface area contributed by atoms with E-state index in [4.69, 9.17) is 5.73 Å². The first-order valence-electron chi connectivity index (χ1n) is 8.33. The third-order valence-electron chi connectivity index (χ3n) is 4.13. The van der Waals surface area contributed by atoms with E-state index in [2.05, 4.69) is 4.98 Å². The van der Waals surface area contributed by atoms with E-state index in [1.807, 2.05) is 12.1 Å². The van der Waals surface area contributed by atoms with Crippen LogP contribution in [0.3, 0.4) is 0 Å². The number of phenols is 1. The monoisotopic (exact) mass is 402 g/mol. The number of hydrogen-bond acceptors (Lipinski definition) is 7. The van der Waals surface area contributed by atoms with Crippen LogP contribution >= 0.6 is 11.8 Å². The molecule has 1 aromatic heterocycles. The van der Waals surface area contributed by atoms with Crippen LogP contribution in [0.4, 0.5) is 5.82 Å². The summed E-state index contributed by atoms with van der Waals surface area (Å²) < 4.78 is 0. The maximum absolute atomic E-state index is 11.9. The maximum atomic E-state index is 11.9. The lowest BCUT2D eigenvalue weighted by atomic mass is 9.97. The van der Waals surface area contributed by atoms with Gasteiger partial charge in [-0.05, 0) is 23.3 Å². The summed E-state index contributed by atoms with van der Waals surface area (Å²) >= 11 is 0.875. The number of nitriles is 2. The molecule has 0 aliphatic carbocycles. The van der Waals surface area contributed by atoms with Crippen molar-refractivity contribution < 1.29 is 15.0 Å². The Morgan fingerprint density at radius 2 is 1.66 bits per heavy atom. The molecule has 1 heterocycles. The van der Waals surface area contributed by atoms with Crippen molar-refractivity contribution in [3.05, 3.63) is 71.3 Å². The Kier molecular flexibility index (Phi) is 5.68. The first-order valence-corrected chi connectivity index (χ1v) is 9.21. The highest BCUT2D eigenvalue weighted by molar-refractivity contribution is 8.00. The van der Waals surface area contributed by atoms with E-state index in [1.54, 1.807) is 42.5 Å². The number of rotatable bonds is 5. The molecule has 0 aliphatic rings. The number of carboxylic acid groups (broad SMARTS) is 1. The lowest BCUT2D eigenvalue weighted by Crippen LogP contribution is -2.10. The van der Waals surface area contributed by atoms with Gasteiger partial charge in [0.25, 0.3) is 0 Å². The van der Waals surface area contributed by atoms with Gasteiger partial charge >= 0.3 is 5.97 Å². The van der Waals surface area contributed by atoms with Gasteiger partial charge in [0, 0.05) is 5.56 Å². The van der Waals surface area contributed by atoms with Crippen LogP contribution in [-0.4, -0.2) is 21.2 Å². The van der Waals surface area contributed by atoms with E-state index in [0.717, 1.165) is 11.8 Å². The van der Waals surface area contributed by atoms with Crippen LogP contribution in [0, 0.1) is 22.7 Å². The van der Waals surface area contributed by atoms with Gasteiger partial charge in [0.2, 0.25) is 0 Å². The molecule has 0 spiro atoms. The number of thioether (sulfide) groups is 1. The molecule has 29 heavy (non-hydrogen) atoms. The van der Waals surface area contributed by atoms with Crippen molar-refractivity contribution in [1.82, 2.24) is 4.98 Å². The first-order chi connectivity index (χ1) is 14.0. The fourth-order valence-electron chi connectivity index (χ4n) is 2.80. The third kappa shape index (κ3) is 3.98. The highest BCUT2D eigenvalue weighted by Gasteiger charge is 2.27. The Balaban J connectivity index is 2.20. The van der Waals surface area contributed by atoms with Crippen molar-refractivity contribution >= 4 is 23.5 Å². The number of pyridine rings is 1. The van der Waals surface area contributed by atoms with Gasteiger partial charge in [-0.15, -0.1) is 0 Å². The van der Waals surface area contributed by atoms with E-state index in [0.29, 0.717) is 11.1 Å². The zero-order chi connectivity index (χ0) is 21.0. The highest BCUT2D eigenvalue weighted by Crippen LogP contribution is 2.41. The van der Waals surface area contributed by atoms with Gasteiger partial charge in [-0.1, -0.05) is 54.2 Å². The van der Waals surface area contributed by atoms with Crippen molar-refractivity contribution in [2.75, 3.05) is 5.73 Å². The summed E-state index contributed by atoms with van der Waals surface area (Å²) in [5, 5.41) is 37.7. The summed E-state index contributed by atoms with van der Waals surface area (Å²) in [6, 6.07) is 18.5. The van der Waals surface area contributed by atoms with Crippen molar-refractivity contribution in [2.24, 2.45) is 0 Å². The molecule has 7 nitrogen and oxygen atoms in total. The number of benzene rings is 2. The Morgan fingerprint density at radius 1 is 1.03 bits per heavy atom. The van der Waals surface area contributed by atoms with Crippen LogP contribution in [0.2, 0.25) is 0 Å². The number of nitrogens with zero attached hydrogens (tertiary/aromatic N) is 3. The van der Waals surface area contributed by atoms with Crippen molar-refractivity contribution in [1.29, 1.82) is 10.5 Å². The second-order valence-corrected chi connectivity index (χ2v) is 7.04. The second-order valence-electron chi connectivity index (χ2n) is 5.94. The van der Waals surface area contributed by atoms with Crippen molar-refractivity contribution in [3.63, 3.8) is 0 Å². The lowest BCUT2D eigenvalue weighted by molar-refractivity contribution is -0.136. The van der Waals surface area contributed by atoms with Crippen LogP contribution in [0.25, 0.3) is 11.1 Å². The van der Waals surface area contributed by atoms with E-state index in [-0.39, 0.29) is 33.3 Å². The quantitative estimate of drug-likeness (QED) is 0.548. The molecule has 3 aromatic rings. The molecule has 2 aromatic carbocycles. The summed E-state index contributed by atoms with van der Waals surface area (Å²) in [6.45, 7) is 0. The summed E-state index contributed by atoms with van der Waals surface area (Å²) in [6.07, 6.45) is 0. The topological polar surface area (TPSA) is 144 Å². The summed E-state index contributed by atoms with van der Waals surface area (Å²) in [7, 11) is 0. The van der Waals surface area contributed by atoms with Gasteiger partial charge in [0.15, 0.2) is 0 Å². The number of aliphatic carboxylic acids is 1. The Bertz CT molecular complexity index is 1150. The SMILES string of the molecule is N#Cc1c(N)nc(SC(C(=O)O)c2ccccc2)c(C#N)c1-c1ccc(O)cc1. The predicted octanol–water partition coefficient (Wildman–Crippen LogP) is 3.70. The lowest BCUT2D eigenvalue weighted by Gasteiger charge is -2.16. The molecule has 0 aliphatic heterocycles. The van der Waals surface area contributed by atoms with Gasteiger partial charge in [-0.2, -0.15) is 10.5 Å². The Labute approximate surface area is 170 Å². The number of nitrogen functional groups attached to an aromatic ring is 1. The van der Waals surface area contributed by atoms with E-state index < -0.39 is 11.2 Å². The summed E-state index contributed by atoms with van der Waals surface area (Å²) in [5.74, 6) is -1.17. The Morgan fingerprint density at radius 3 is 2.21 bits per heavy atom. The standard InChI is InChI=1S/C21H14N4O3S/c22-10-15-17(12-6-8-14(26)9-7-12)16(11-23)20(25-19(15)24)29-18(21(27)28)13-4-2-1-3-5-13/h1-9,18,26H,(H2,24,25)(H,27,28). The molecule has 0 saturated carbocycles. The molecular formula is C21H14N4O3S. The number of phenolic OH excluding ortho intramolecular Hbond substituents is 1. The normalized spacial score (nSPS) is 11.2. The van der Waals surface area contributed by atoms with Crippen LogP contribution in [0.5, 0.6) is 5.75 Å². The summed E-state index contributed by atoms with van der Waals surface area (Å²) in [5.41, 5.74) is 7.30. The van der Waals surface area contributed by atoms with Crippen molar-refractivity contribution in [2.45, 2.75) is 10.3 Å². The van der Waals surface area contributed by atoms with Crippen LogP contribution in [-0.2, 0) is 4.79 Å². The first kappa shape index (κ1) is 19.7. The Hall–Kier alpha value is -4.01. The molecule has 0 amide bonds. The molecule has 3 rings (SSSR count). The number of carboxylic acids is 1. The minimum absolute atomic E-state index is 0.0168. The molecule has 1 atom stereocenters. The molecular weight excluding hydrogens is 388 g/mol. The fraction of sp³-hybridized carbons (Fsp3) is 0.0476. The number of carbonyl (C=O) groups is 1. The molecule has 4 N–H and O–H groups in total. The highest BCUT2D eigenvalue weighted by atomic mass is 32.2. The molecule has 142 valence electrons. The smallest absolute Gasteiger partial charge is 0.321 e. The molecule has 0 bridgehead atoms. The predicted molar refractivity (Wildman–Crippen MR) is 108 cm³/mol. The number of aromatic hydroxyl groups is 1. The molecule has 0 radical (unpaired) electrons. The minimum atomic E-state index is -1.10. The van der Waals surface area contributed by atoms with Gasteiger partial charge in [-0.3, -0.25) is 4.79 Å². The number of hydrogen-bond donors (Lipinski definition) is 3. The van der Waals surface area contributed by atoms with Crippen LogP contribution < -0.4 is 5.73 Å². The third-order valence-corrected chi connectivity index (χ3v) is 5.36. The summed E-state index contributed by atoms with van der Waals surface area (Å²) in [4.78, 5) is 16.0. The number of aromatic nitrogens is 1. The molecule has 8 heteroatoms. The van der Waals surface area contributed by atoms with E-state index in [1.165, 1.54) is 12.1 Å². The molecule has 0 fully saturated rings. The van der Waals surface area contributed by atoms with E-state index in [9.17, 15) is 25.5 Å². The maximum Gasteiger partial charge on any atom is 0.321 e. The van der Waals surface area contributed by atoms with Gasteiger partial charge in [0.05, 0.1) is 5.56 Å². The number of nitrogens with two attached hydrogens (primary N) is 1. The van der Waals surface area contributed by atoms with Gasteiger partial charge in [-0.25, -0.2) is 4.98 Å². The largest absolute Gasteiger partial charge is 0.508 e. The average Bonchev–Trinajstić information content (AvgIpc) is 2.72. The zero-order valence-corrected chi connectivity index (χ0v) is 15.7. The minimum Gasteiger partial charge on any atom is -0.508 e. The van der Waals surface area contributed by atoms with Crippen LogP contribution in [0.15, 0.2) is 59.6 Å². The van der Waals surface area contributed by atoms with Crippen LogP contribution in [0.1, 0.15) is 21.9 Å². The van der Waals surface area contributed by atoms with Gasteiger partial charge < -0.3 is 15.9 Å². The average molecular weight is 402 g/mol. The number of anilines is 1. The zero-order valence-electron chi connectivity index (χ0n) is 14.9.